The van der Waals surface area contributed by atoms with E-state index in [0.717, 1.165) is 11.1 Å². The summed E-state index contributed by atoms with van der Waals surface area (Å²) in [7, 11) is -2.13. The molecule has 0 fully saturated rings. The minimum Gasteiger partial charge on any atom is -0.351 e. The van der Waals surface area contributed by atoms with E-state index in [2.05, 4.69) is 20.5 Å². The zero-order chi connectivity index (χ0) is 24.2. The maximum absolute atomic E-state index is 13.1. The van der Waals surface area contributed by atoms with Crippen molar-refractivity contribution in [3.63, 3.8) is 0 Å². The second kappa shape index (κ2) is 10.2. The molecule has 9 heteroatoms. The lowest BCUT2D eigenvalue weighted by molar-refractivity contribution is -0.124. The number of nitrogens with zero attached hydrogens (tertiary/aromatic N) is 1. The summed E-state index contributed by atoms with van der Waals surface area (Å²) >= 11 is 0. The summed E-state index contributed by atoms with van der Waals surface area (Å²) < 4.78 is 33.8. The molecule has 0 bridgehead atoms. The summed E-state index contributed by atoms with van der Waals surface area (Å²) in [6.45, 7) is 7.85. The van der Waals surface area contributed by atoms with Crippen molar-refractivity contribution in [3.8, 4) is 11.1 Å². The molecule has 0 saturated carbocycles. The first-order valence-electron chi connectivity index (χ1n) is 10.7. The minimum atomic E-state index is -3.90. The van der Waals surface area contributed by atoms with E-state index >= 15 is 0 Å². The van der Waals surface area contributed by atoms with Gasteiger partial charge in [0, 0.05) is 17.7 Å². The van der Waals surface area contributed by atoms with Crippen LogP contribution in [0, 0.1) is 19.8 Å². The molecule has 0 aliphatic rings. The highest BCUT2D eigenvalue weighted by molar-refractivity contribution is 7.92. The number of nitrogens with one attached hydrogen (secondary N) is 3. The molecule has 33 heavy (non-hydrogen) atoms. The van der Waals surface area contributed by atoms with Gasteiger partial charge in [0.25, 0.3) is 10.0 Å². The summed E-state index contributed by atoms with van der Waals surface area (Å²) in [6.07, 6.45) is 0. The van der Waals surface area contributed by atoms with E-state index in [-0.39, 0.29) is 28.6 Å². The molecule has 0 saturated heterocycles. The van der Waals surface area contributed by atoms with Crippen molar-refractivity contribution in [2.24, 2.45) is 5.92 Å². The van der Waals surface area contributed by atoms with Crippen LogP contribution in [0.25, 0.3) is 11.1 Å². The first kappa shape index (κ1) is 24.5. The maximum Gasteiger partial charge on any atom is 0.264 e. The van der Waals surface area contributed by atoms with Crippen molar-refractivity contribution in [2.75, 3.05) is 11.8 Å². The third kappa shape index (κ3) is 5.61. The zero-order valence-electron chi connectivity index (χ0n) is 19.5. The Bertz CT molecular complexity index is 1220. The molecule has 1 heterocycles. The van der Waals surface area contributed by atoms with Gasteiger partial charge in [0.2, 0.25) is 11.8 Å². The number of hydrogen-bond donors (Lipinski definition) is 3. The monoisotopic (exact) mass is 470 g/mol. The lowest BCUT2D eigenvalue weighted by Crippen LogP contribution is -2.45. The van der Waals surface area contributed by atoms with Gasteiger partial charge in [-0.2, -0.15) is 0 Å². The van der Waals surface area contributed by atoms with Crippen LogP contribution in [0.3, 0.4) is 0 Å². The molecule has 1 aromatic heterocycles. The number of amides is 1. The van der Waals surface area contributed by atoms with Gasteiger partial charge in [0.15, 0.2) is 0 Å². The molecule has 3 N–H and O–H groups in total. The van der Waals surface area contributed by atoms with Crippen LogP contribution >= 0.6 is 0 Å². The van der Waals surface area contributed by atoms with Crippen molar-refractivity contribution < 1.29 is 17.7 Å². The Labute approximate surface area is 194 Å². The number of aromatic nitrogens is 1. The van der Waals surface area contributed by atoms with Gasteiger partial charge in [-0.25, -0.2) is 13.1 Å². The third-order valence-corrected chi connectivity index (χ3v) is 6.94. The first-order chi connectivity index (χ1) is 15.6. The van der Waals surface area contributed by atoms with E-state index in [1.54, 1.807) is 45.2 Å². The molecule has 0 aliphatic carbocycles. The predicted octanol–water partition coefficient (Wildman–Crippen LogP) is 3.62. The molecule has 1 atom stereocenters. The van der Waals surface area contributed by atoms with Gasteiger partial charge in [-0.3, -0.25) is 4.79 Å². The molecule has 0 unspecified atom stereocenters. The van der Waals surface area contributed by atoms with Crippen LogP contribution in [0.2, 0.25) is 0 Å². The van der Waals surface area contributed by atoms with E-state index in [1.165, 1.54) is 0 Å². The molecule has 3 rings (SSSR count). The molecule has 1 amide bonds. The number of hydrogen-bond acceptors (Lipinski definition) is 6. The minimum absolute atomic E-state index is 0.0583. The molecule has 0 radical (unpaired) electrons. The second-order valence-electron chi connectivity index (χ2n) is 8.25. The lowest BCUT2D eigenvalue weighted by atomic mass is 10.0. The number of anilines is 1. The smallest absolute Gasteiger partial charge is 0.264 e. The standard InChI is InChI=1S/C24H30N4O4S/c1-15(2)22(25-5)23(29)26-14-18-10-12-19(13-11-18)20-8-6-7-9-21(20)33(30,31)28-24-16(3)17(4)27-32-24/h6-13,15,22,25,28H,14H2,1-5H3,(H,26,29)/t22-/m0/s1. The first-order valence-corrected chi connectivity index (χ1v) is 12.2. The number of likely N-dealkylation sites (N-methyl/N-ethyl adjacent to an activating group) is 1. The average Bonchev–Trinajstić information content (AvgIpc) is 3.10. The average molecular weight is 471 g/mol. The Hall–Kier alpha value is -3.17. The fourth-order valence-corrected chi connectivity index (χ4v) is 4.77. The number of carbonyl (C=O) groups is 1. The summed E-state index contributed by atoms with van der Waals surface area (Å²) in [5.74, 6) is 0.223. The van der Waals surface area contributed by atoms with E-state index in [9.17, 15) is 13.2 Å². The molecular weight excluding hydrogens is 440 g/mol. The lowest BCUT2D eigenvalue weighted by Gasteiger charge is -2.19. The van der Waals surface area contributed by atoms with Crippen molar-refractivity contribution in [1.29, 1.82) is 0 Å². The maximum atomic E-state index is 13.1. The van der Waals surface area contributed by atoms with Crippen LogP contribution in [0.5, 0.6) is 0 Å². The van der Waals surface area contributed by atoms with E-state index in [4.69, 9.17) is 4.52 Å². The number of aryl methyl sites for hydroxylation is 1. The van der Waals surface area contributed by atoms with Crippen molar-refractivity contribution in [3.05, 3.63) is 65.4 Å². The largest absolute Gasteiger partial charge is 0.351 e. The van der Waals surface area contributed by atoms with Crippen molar-refractivity contribution in [2.45, 2.75) is 45.2 Å². The number of benzene rings is 2. The summed E-state index contributed by atoms with van der Waals surface area (Å²) in [5.41, 5.74) is 3.48. The summed E-state index contributed by atoms with van der Waals surface area (Å²) in [4.78, 5) is 12.5. The second-order valence-corrected chi connectivity index (χ2v) is 9.90. The Morgan fingerprint density at radius 2 is 1.73 bits per heavy atom. The molecule has 8 nitrogen and oxygen atoms in total. The number of carbonyl (C=O) groups excluding carboxylic acids is 1. The van der Waals surface area contributed by atoms with Crippen LogP contribution in [0.1, 0.15) is 30.7 Å². The Morgan fingerprint density at radius 3 is 2.30 bits per heavy atom. The molecule has 176 valence electrons. The van der Waals surface area contributed by atoms with Crippen LogP contribution in [0.15, 0.2) is 57.9 Å². The van der Waals surface area contributed by atoms with Gasteiger partial charge in [-0.1, -0.05) is 61.5 Å². The normalized spacial score (nSPS) is 12.5. The fourth-order valence-electron chi connectivity index (χ4n) is 3.50. The SMILES string of the molecule is CN[C@H](C(=O)NCc1ccc(-c2ccccc2S(=O)(=O)Nc2onc(C)c2C)cc1)C(C)C. The third-order valence-electron chi connectivity index (χ3n) is 5.55. The van der Waals surface area contributed by atoms with Gasteiger partial charge in [-0.15, -0.1) is 0 Å². The Morgan fingerprint density at radius 1 is 1.06 bits per heavy atom. The topological polar surface area (TPSA) is 113 Å². The molecule has 2 aromatic carbocycles. The van der Waals surface area contributed by atoms with Gasteiger partial charge in [0.05, 0.1) is 16.6 Å². The Kier molecular flexibility index (Phi) is 7.55. The van der Waals surface area contributed by atoms with E-state index < -0.39 is 10.0 Å². The quantitative estimate of drug-likeness (QED) is 0.440. The van der Waals surface area contributed by atoms with E-state index in [1.807, 2.05) is 38.1 Å². The van der Waals surface area contributed by atoms with Gasteiger partial charge < -0.3 is 15.2 Å². The zero-order valence-corrected chi connectivity index (χ0v) is 20.3. The van der Waals surface area contributed by atoms with Crippen LogP contribution in [0.4, 0.5) is 5.88 Å². The van der Waals surface area contributed by atoms with Crippen molar-refractivity contribution in [1.82, 2.24) is 15.8 Å². The molecule has 0 spiro atoms. The Balaban J connectivity index is 1.80. The van der Waals surface area contributed by atoms with E-state index in [0.29, 0.717) is 23.4 Å². The molecular formula is C24H30N4O4S. The number of sulfonamides is 1. The van der Waals surface area contributed by atoms with Crippen molar-refractivity contribution >= 4 is 21.8 Å². The predicted molar refractivity (Wildman–Crippen MR) is 128 cm³/mol. The number of rotatable bonds is 9. The highest BCUT2D eigenvalue weighted by Gasteiger charge is 2.23. The highest BCUT2D eigenvalue weighted by Crippen LogP contribution is 2.30. The van der Waals surface area contributed by atoms with Crippen LogP contribution in [-0.4, -0.2) is 32.6 Å². The van der Waals surface area contributed by atoms with Gasteiger partial charge >= 0.3 is 0 Å². The highest BCUT2D eigenvalue weighted by atomic mass is 32.2. The summed E-state index contributed by atoms with van der Waals surface area (Å²) in [5, 5.41) is 9.77. The molecule has 3 aromatic rings. The fraction of sp³-hybridized carbons (Fsp3) is 0.333. The summed E-state index contributed by atoms with van der Waals surface area (Å²) in [6, 6.07) is 13.9. The van der Waals surface area contributed by atoms with Crippen LogP contribution < -0.4 is 15.4 Å². The van der Waals surface area contributed by atoms with Gasteiger partial charge in [0.1, 0.15) is 0 Å². The van der Waals surface area contributed by atoms with Crippen LogP contribution in [-0.2, 0) is 21.4 Å². The van der Waals surface area contributed by atoms with Gasteiger partial charge in [-0.05, 0) is 44.0 Å². The molecule has 0 aliphatic heterocycles.